The maximum absolute atomic E-state index is 11.8. The van der Waals surface area contributed by atoms with Gasteiger partial charge in [-0.25, -0.2) is 5.84 Å². The molecule has 2 aromatic carbocycles. The van der Waals surface area contributed by atoms with Gasteiger partial charge in [0.05, 0.1) is 0 Å². The average Bonchev–Trinajstić information content (AvgIpc) is 2.50. The van der Waals surface area contributed by atoms with Gasteiger partial charge in [0.15, 0.2) is 5.76 Å². The molecule has 108 valence electrons. The van der Waals surface area contributed by atoms with E-state index < -0.39 is 5.91 Å². The molecule has 0 radical (unpaired) electrons. The zero-order valence-electron chi connectivity index (χ0n) is 11.5. The maximum atomic E-state index is 11.8. The number of amides is 1. The van der Waals surface area contributed by atoms with Crippen molar-refractivity contribution in [3.8, 4) is 5.75 Å². The van der Waals surface area contributed by atoms with Crippen LogP contribution in [-0.2, 0) is 4.79 Å². The van der Waals surface area contributed by atoms with Gasteiger partial charge in [-0.05, 0) is 42.8 Å². The molecule has 3 N–H and O–H groups in total. The molecule has 0 fully saturated rings. The van der Waals surface area contributed by atoms with Crippen molar-refractivity contribution in [1.82, 2.24) is 5.43 Å². The quantitative estimate of drug-likeness (QED) is 0.294. The van der Waals surface area contributed by atoms with E-state index >= 15 is 0 Å². The van der Waals surface area contributed by atoms with Crippen molar-refractivity contribution in [1.29, 1.82) is 0 Å². The first-order valence-corrected chi connectivity index (χ1v) is 7.10. The summed E-state index contributed by atoms with van der Waals surface area (Å²) in [6.45, 7) is 2.00. The van der Waals surface area contributed by atoms with Gasteiger partial charge in [0.1, 0.15) is 5.75 Å². The Morgan fingerprint density at radius 1 is 1.14 bits per heavy atom. The fourth-order valence-corrected chi connectivity index (χ4v) is 1.92. The van der Waals surface area contributed by atoms with Gasteiger partial charge in [0.2, 0.25) is 0 Å². The van der Waals surface area contributed by atoms with Crippen LogP contribution in [0.4, 0.5) is 0 Å². The van der Waals surface area contributed by atoms with Crippen molar-refractivity contribution < 1.29 is 9.53 Å². The molecule has 0 spiro atoms. The summed E-state index contributed by atoms with van der Waals surface area (Å²) in [5, 5.41) is 0. The van der Waals surface area contributed by atoms with Crippen LogP contribution in [0.3, 0.4) is 0 Å². The highest BCUT2D eigenvalue weighted by atomic mass is 79.9. The molecule has 0 aliphatic rings. The van der Waals surface area contributed by atoms with E-state index in [1.54, 1.807) is 18.2 Å². The van der Waals surface area contributed by atoms with E-state index in [1.807, 2.05) is 43.3 Å². The molecule has 0 saturated carbocycles. The van der Waals surface area contributed by atoms with Gasteiger partial charge in [-0.1, -0.05) is 45.8 Å². The lowest BCUT2D eigenvalue weighted by Gasteiger charge is -2.09. The Kier molecular flexibility index (Phi) is 5.14. The standard InChI is InChI=1S/C16H15BrN2O2/c1-11-2-4-12(5-3-11)10-15(16(20)19-18)21-14-8-6-13(17)7-9-14/h2-10H,18H2,1H3,(H,19,20)/b15-10-. The van der Waals surface area contributed by atoms with Crippen molar-refractivity contribution in [2.45, 2.75) is 6.92 Å². The number of nitrogens with one attached hydrogen (secondary N) is 1. The van der Waals surface area contributed by atoms with Crippen molar-refractivity contribution in [2.75, 3.05) is 0 Å². The summed E-state index contributed by atoms with van der Waals surface area (Å²) >= 11 is 3.35. The summed E-state index contributed by atoms with van der Waals surface area (Å²) in [6.07, 6.45) is 1.64. The lowest BCUT2D eigenvalue weighted by atomic mass is 10.1. The van der Waals surface area contributed by atoms with Crippen LogP contribution in [0, 0.1) is 6.92 Å². The molecule has 5 heteroatoms. The number of carbonyl (C=O) groups is 1. The smallest absolute Gasteiger partial charge is 0.300 e. The van der Waals surface area contributed by atoms with Crippen molar-refractivity contribution in [3.05, 3.63) is 69.9 Å². The molecular weight excluding hydrogens is 332 g/mol. The van der Waals surface area contributed by atoms with Crippen LogP contribution in [0.25, 0.3) is 6.08 Å². The largest absolute Gasteiger partial charge is 0.452 e. The minimum atomic E-state index is -0.488. The maximum Gasteiger partial charge on any atom is 0.300 e. The third kappa shape index (κ3) is 4.44. The van der Waals surface area contributed by atoms with Gasteiger partial charge < -0.3 is 4.74 Å². The molecule has 0 aromatic heterocycles. The predicted molar refractivity (Wildman–Crippen MR) is 86.3 cm³/mol. The van der Waals surface area contributed by atoms with Gasteiger partial charge in [0, 0.05) is 4.47 Å². The highest BCUT2D eigenvalue weighted by Gasteiger charge is 2.11. The number of carbonyl (C=O) groups excluding carboxylic acids is 1. The number of halogens is 1. The number of rotatable bonds is 4. The normalized spacial score (nSPS) is 11.1. The average molecular weight is 347 g/mol. The van der Waals surface area contributed by atoms with Gasteiger partial charge >= 0.3 is 5.91 Å². The van der Waals surface area contributed by atoms with Gasteiger partial charge in [-0.3, -0.25) is 10.2 Å². The fourth-order valence-electron chi connectivity index (χ4n) is 1.66. The number of hydrazine groups is 1. The van der Waals surface area contributed by atoms with E-state index in [-0.39, 0.29) is 5.76 Å². The molecule has 0 aliphatic heterocycles. The monoisotopic (exact) mass is 346 g/mol. The highest BCUT2D eigenvalue weighted by molar-refractivity contribution is 9.10. The molecule has 21 heavy (non-hydrogen) atoms. The lowest BCUT2D eigenvalue weighted by molar-refractivity contribution is -0.119. The van der Waals surface area contributed by atoms with E-state index in [2.05, 4.69) is 21.4 Å². The number of hydrogen-bond donors (Lipinski definition) is 2. The minimum Gasteiger partial charge on any atom is -0.452 e. The number of benzene rings is 2. The summed E-state index contributed by atoms with van der Waals surface area (Å²) in [5.41, 5.74) is 4.09. The number of hydrogen-bond acceptors (Lipinski definition) is 3. The Hall–Kier alpha value is -2.11. The van der Waals surface area contributed by atoms with Crippen LogP contribution >= 0.6 is 15.9 Å². The molecule has 4 nitrogen and oxygen atoms in total. The molecule has 0 aliphatic carbocycles. The first-order valence-electron chi connectivity index (χ1n) is 6.31. The zero-order chi connectivity index (χ0) is 15.2. The summed E-state index contributed by atoms with van der Waals surface area (Å²) in [4.78, 5) is 11.8. The van der Waals surface area contributed by atoms with Crippen LogP contribution in [0.2, 0.25) is 0 Å². The highest BCUT2D eigenvalue weighted by Crippen LogP contribution is 2.19. The van der Waals surface area contributed by atoms with E-state index in [0.717, 1.165) is 15.6 Å². The number of nitrogens with two attached hydrogens (primary N) is 1. The molecule has 1 amide bonds. The van der Waals surface area contributed by atoms with Crippen LogP contribution in [0.5, 0.6) is 5.75 Å². The van der Waals surface area contributed by atoms with Crippen LogP contribution in [0.1, 0.15) is 11.1 Å². The van der Waals surface area contributed by atoms with Crippen LogP contribution in [0.15, 0.2) is 58.8 Å². The first kappa shape index (κ1) is 15.3. The summed E-state index contributed by atoms with van der Waals surface area (Å²) in [5.74, 6) is 5.40. The Labute approximate surface area is 131 Å². The topological polar surface area (TPSA) is 64.3 Å². The Bertz CT molecular complexity index is 649. The zero-order valence-corrected chi connectivity index (χ0v) is 13.1. The molecule has 0 saturated heterocycles. The number of ether oxygens (including phenoxy) is 1. The third-order valence-corrected chi connectivity index (χ3v) is 3.30. The third-order valence-electron chi connectivity index (χ3n) is 2.77. The van der Waals surface area contributed by atoms with Crippen molar-refractivity contribution in [2.24, 2.45) is 5.84 Å². The molecule has 0 unspecified atom stereocenters. The SMILES string of the molecule is Cc1ccc(/C=C(\Oc2ccc(Br)cc2)C(=O)NN)cc1. The summed E-state index contributed by atoms with van der Waals surface area (Å²) in [7, 11) is 0. The Balaban J connectivity index is 2.27. The minimum absolute atomic E-state index is 0.128. The second kappa shape index (κ2) is 7.06. The fraction of sp³-hybridized carbons (Fsp3) is 0.0625. The van der Waals surface area contributed by atoms with Crippen LogP contribution < -0.4 is 16.0 Å². The number of aryl methyl sites for hydroxylation is 1. The van der Waals surface area contributed by atoms with E-state index in [9.17, 15) is 4.79 Å². The van der Waals surface area contributed by atoms with E-state index in [4.69, 9.17) is 10.6 Å². The van der Waals surface area contributed by atoms with Gasteiger partial charge in [-0.15, -0.1) is 0 Å². The lowest BCUT2D eigenvalue weighted by Crippen LogP contribution is -2.33. The first-order chi connectivity index (χ1) is 10.1. The van der Waals surface area contributed by atoms with Crippen molar-refractivity contribution >= 4 is 27.9 Å². The molecule has 0 heterocycles. The Morgan fingerprint density at radius 3 is 2.33 bits per heavy atom. The molecular formula is C16H15BrN2O2. The molecule has 0 bridgehead atoms. The molecule has 2 aromatic rings. The second-order valence-corrected chi connectivity index (χ2v) is 5.36. The van der Waals surface area contributed by atoms with E-state index in [0.29, 0.717) is 5.75 Å². The summed E-state index contributed by atoms with van der Waals surface area (Å²) < 4.78 is 6.54. The van der Waals surface area contributed by atoms with Gasteiger partial charge in [0.25, 0.3) is 0 Å². The van der Waals surface area contributed by atoms with Crippen LogP contribution in [-0.4, -0.2) is 5.91 Å². The molecule has 0 atom stereocenters. The Morgan fingerprint density at radius 2 is 1.76 bits per heavy atom. The molecule has 2 rings (SSSR count). The summed E-state index contributed by atoms with van der Waals surface area (Å²) in [6, 6.07) is 14.9. The van der Waals surface area contributed by atoms with Gasteiger partial charge in [-0.2, -0.15) is 0 Å². The van der Waals surface area contributed by atoms with E-state index in [1.165, 1.54) is 0 Å². The predicted octanol–water partition coefficient (Wildman–Crippen LogP) is 3.17. The second-order valence-electron chi connectivity index (χ2n) is 4.45. The van der Waals surface area contributed by atoms with Crippen molar-refractivity contribution in [3.63, 3.8) is 0 Å².